The van der Waals surface area contributed by atoms with E-state index in [0.29, 0.717) is 12.1 Å². The number of likely N-dealkylation sites (tertiary alicyclic amines) is 1. The molecular weight excluding hydrogens is 236 g/mol. The molecule has 1 fully saturated rings. The molecule has 19 heavy (non-hydrogen) atoms. The summed E-state index contributed by atoms with van der Waals surface area (Å²) in [4.78, 5) is 7.19. The maximum Gasteiger partial charge on any atom is 0.203 e. The van der Waals surface area contributed by atoms with Crippen LogP contribution in [0.4, 0.5) is 5.95 Å². The van der Waals surface area contributed by atoms with Gasteiger partial charge in [0, 0.05) is 24.8 Å². The summed E-state index contributed by atoms with van der Waals surface area (Å²) in [5, 5.41) is 3.44. The van der Waals surface area contributed by atoms with E-state index in [0.717, 1.165) is 18.2 Å². The molecule has 0 aliphatic carbocycles. The Morgan fingerprint density at radius 2 is 1.89 bits per heavy atom. The molecule has 2 heterocycles. The standard InChI is InChI=1S/C15H28N4/c1-12(2)16-15-17-13(3)10-19(15)11-14(4)18-8-6-5-7-9-18/h10,12,14H,5-9,11H2,1-4H3,(H,16,17). The molecule has 0 radical (unpaired) electrons. The zero-order valence-corrected chi connectivity index (χ0v) is 12.8. The van der Waals surface area contributed by atoms with Crippen LogP contribution in [0.5, 0.6) is 0 Å². The lowest BCUT2D eigenvalue weighted by Crippen LogP contribution is -2.39. The first-order valence-corrected chi connectivity index (χ1v) is 7.60. The first-order chi connectivity index (χ1) is 9.06. The molecule has 1 aliphatic rings. The Morgan fingerprint density at radius 1 is 1.21 bits per heavy atom. The van der Waals surface area contributed by atoms with Crippen molar-refractivity contribution in [1.82, 2.24) is 14.5 Å². The lowest BCUT2D eigenvalue weighted by Gasteiger charge is -2.32. The Morgan fingerprint density at radius 3 is 2.53 bits per heavy atom. The number of aryl methyl sites for hydroxylation is 1. The molecule has 1 saturated heterocycles. The number of nitrogens with one attached hydrogen (secondary N) is 1. The lowest BCUT2D eigenvalue weighted by atomic mass is 10.1. The first-order valence-electron chi connectivity index (χ1n) is 7.60. The summed E-state index contributed by atoms with van der Waals surface area (Å²) < 4.78 is 2.27. The van der Waals surface area contributed by atoms with Crippen LogP contribution in [0.2, 0.25) is 0 Å². The molecular formula is C15H28N4. The number of imidazole rings is 1. The van der Waals surface area contributed by atoms with Gasteiger partial charge in [0.25, 0.3) is 0 Å². The maximum absolute atomic E-state index is 4.58. The zero-order valence-electron chi connectivity index (χ0n) is 12.8. The Balaban J connectivity index is 2.00. The van der Waals surface area contributed by atoms with Crippen LogP contribution in [0.25, 0.3) is 0 Å². The van der Waals surface area contributed by atoms with Gasteiger partial charge in [0.1, 0.15) is 0 Å². The average Bonchev–Trinajstić information content (AvgIpc) is 2.69. The Kier molecular flexibility index (Phi) is 4.86. The molecule has 4 heteroatoms. The van der Waals surface area contributed by atoms with Crippen molar-refractivity contribution in [3.8, 4) is 0 Å². The molecule has 0 bridgehead atoms. The minimum absolute atomic E-state index is 0.422. The molecule has 2 rings (SSSR count). The van der Waals surface area contributed by atoms with Gasteiger partial charge in [0.05, 0.1) is 5.69 Å². The van der Waals surface area contributed by atoms with E-state index in [1.54, 1.807) is 0 Å². The van der Waals surface area contributed by atoms with Crippen LogP contribution in [0.15, 0.2) is 6.20 Å². The predicted octanol–water partition coefficient (Wildman–Crippen LogP) is 2.89. The van der Waals surface area contributed by atoms with Crippen molar-refractivity contribution in [2.24, 2.45) is 0 Å². The molecule has 108 valence electrons. The molecule has 4 nitrogen and oxygen atoms in total. The second-order valence-electron chi connectivity index (χ2n) is 6.10. The number of aromatic nitrogens is 2. The number of piperidine rings is 1. The third kappa shape index (κ3) is 3.96. The van der Waals surface area contributed by atoms with Gasteiger partial charge in [-0.1, -0.05) is 6.42 Å². The van der Waals surface area contributed by atoms with Crippen LogP contribution in [-0.2, 0) is 6.54 Å². The Hall–Kier alpha value is -1.03. The van der Waals surface area contributed by atoms with E-state index in [9.17, 15) is 0 Å². The van der Waals surface area contributed by atoms with Crippen molar-refractivity contribution < 1.29 is 0 Å². The molecule has 0 amide bonds. The SMILES string of the molecule is Cc1cn(CC(C)N2CCCCC2)c(NC(C)C)n1. The van der Waals surface area contributed by atoms with Gasteiger partial charge in [-0.25, -0.2) is 4.98 Å². The highest BCUT2D eigenvalue weighted by molar-refractivity contribution is 5.29. The Bertz CT molecular complexity index is 391. The number of hydrogen-bond acceptors (Lipinski definition) is 3. The van der Waals surface area contributed by atoms with Gasteiger partial charge >= 0.3 is 0 Å². The van der Waals surface area contributed by atoms with Crippen LogP contribution in [0, 0.1) is 6.92 Å². The summed E-state index contributed by atoms with van der Waals surface area (Å²) in [6, 6.07) is 1.01. The fourth-order valence-electron chi connectivity index (χ4n) is 2.82. The average molecular weight is 264 g/mol. The lowest BCUT2D eigenvalue weighted by molar-refractivity contribution is 0.160. The number of anilines is 1. The van der Waals surface area contributed by atoms with E-state index < -0.39 is 0 Å². The van der Waals surface area contributed by atoms with Crippen LogP contribution in [-0.4, -0.2) is 39.6 Å². The third-order valence-corrected chi connectivity index (χ3v) is 3.79. The van der Waals surface area contributed by atoms with E-state index in [1.807, 2.05) is 0 Å². The van der Waals surface area contributed by atoms with Crippen LogP contribution in [0.1, 0.15) is 45.7 Å². The van der Waals surface area contributed by atoms with Gasteiger partial charge in [-0.2, -0.15) is 0 Å². The quantitative estimate of drug-likeness (QED) is 0.887. The summed E-state index contributed by atoms with van der Waals surface area (Å²) in [5.41, 5.74) is 1.09. The minimum atomic E-state index is 0.422. The number of nitrogens with zero attached hydrogens (tertiary/aromatic N) is 3. The van der Waals surface area contributed by atoms with Crippen molar-refractivity contribution in [3.63, 3.8) is 0 Å². The van der Waals surface area contributed by atoms with Gasteiger partial charge in [-0.3, -0.25) is 4.90 Å². The summed E-state index contributed by atoms with van der Waals surface area (Å²) in [6.07, 6.45) is 6.26. The van der Waals surface area contributed by atoms with Gasteiger partial charge in [0.15, 0.2) is 0 Å². The summed E-state index contributed by atoms with van der Waals surface area (Å²) in [5.74, 6) is 1.01. The number of rotatable bonds is 5. The largest absolute Gasteiger partial charge is 0.353 e. The van der Waals surface area contributed by atoms with E-state index in [4.69, 9.17) is 0 Å². The Labute approximate surface area is 117 Å². The van der Waals surface area contributed by atoms with Crippen molar-refractivity contribution in [2.45, 2.75) is 65.6 Å². The van der Waals surface area contributed by atoms with E-state index in [-0.39, 0.29) is 0 Å². The first kappa shape index (κ1) is 14.4. The van der Waals surface area contributed by atoms with Crippen LogP contribution in [0.3, 0.4) is 0 Å². The molecule has 1 N–H and O–H groups in total. The van der Waals surface area contributed by atoms with Crippen molar-refractivity contribution >= 4 is 5.95 Å². The summed E-state index contributed by atoms with van der Waals surface area (Å²) in [7, 11) is 0. The molecule has 1 aliphatic heterocycles. The topological polar surface area (TPSA) is 33.1 Å². The fourth-order valence-corrected chi connectivity index (χ4v) is 2.82. The molecule has 0 spiro atoms. The molecule has 1 unspecified atom stereocenters. The molecule has 0 aromatic carbocycles. The smallest absolute Gasteiger partial charge is 0.203 e. The number of hydrogen-bond donors (Lipinski definition) is 1. The second kappa shape index (κ2) is 6.42. The molecule has 1 aromatic rings. The van der Waals surface area contributed by atoms with Crippen LogP contribution >= 0.6 is 0 Å². The van der Waals surface area contributed by atoms with Gasteiger partial charge in [-0.05, 0) is 53.6 Å². The summed E-state index contributed by atoms with van der Waals surface area (Å²) >= 11 is 0. The minimum Gasteiger partial charge on any atom is -0.353 e. The fraction of sp³-hybridized carbons (Fsp3) is 0.800. The van der Waals surface area contributed by atoms with Crippen LogP contribution < -0.4 is 5.32 Å². The highest BCUT2D eigenvalue weighted by Gasteiger charge is 2.18. The van der Waals surface area contributed by atoms with Gasteiger partial charge in [-0.15, -0.1) is 0 Å². The van der Waals surface area contributed by atoms with Crippen molar-refractivity contribution in [3.05, 3.63) is 11.9 Å². The highest BCUT2D eigenvalue weighted by atomic mass is 15.2. The third-order valence-electron chi connectivity index (χ3n) is 3.79. The molecule has 0 saturated carbocycles. The van der Waals surface area contributed by atoms with E-state index >= 15 is 0 Å². The monoisotopic (exact) mass is 264 g/mol. The predicted molar refractivity (Wildman–Crippen MR) is 80.6 cm³/mol. The van der Waals surface area contributed by atoms with Gasteiger partial charge < -0.3 is 9.88 Å². The van der Waals surface area contributed by atoms with Gasteiger partial charge in [0.2, 0.25) is 5.95 Å². The summed E-state index contributed by atoms with van der Waals surface area (Å²) in [6.45, 7) is 12.2. The van der Waals surface area contributed by atoms with Crippen molar-refractivity contribution in [1.29, 1.82) is 0 Å². The molecule has 1 aromatic heterocycles. The highest BCUT2D eigenvalue weighted by Crippen LogP contribution is 2.16. The maximum atomic E-state index is 4.58. The molecule has 1 atom stereocenters. The zero-order chi connectivity index (χ0) is 13.8. The van der Waals surface area contributed by atoms with E-state index in [1.165, 1.54) is 32.4 Å². The normalized spacial score (nSPS) is 18.8. The second-order valence-corrected chi connectivity index (χ2v) is 6.10. The van der Waals surface area contributed by atoms with Crippen molar-refractivity contribution in [2.75, 3.05) is 18.4 Å². The van der Waals surface area contributed by atoms with E-state index in [2.05, 4.69) is 53.7 Å².